The number of phenolic OH excluding ortho intramolecular Hbond substituents is 1. The largest absolute Gasteiger partial charge is 0.507 e. The maximum Gasteiger partial charge on any atom is 0.259 e. The molecule has 0 spiro atoms. The molecule has 2 aromatic carbocycles. The highest BCUT2D eigenvalue weighted by molar-refractivity contribution is 6.06. The minimum absolute atomic E-state index is 0.0366. The average Bonchev–Trinajstić information content (AvgIpc) is 2.49. The molecule has 110 valence electrons. The molecule has 21 heavy (non-hydrogen) atoms. The molecule has 3 heteroatoms. The van der Waals surface area contributed by atoms with Crippen LogP contribution in [0.1, 0.15) is 41.3 Å². The van der Waals surface area contributed by atoms with Crippen molar-refractivity contribution >= 4 is 11.6 Å². The van der Waals surface area contributed by atoms with Gasteiger partial charge in [-0.3, -0.25) is 4.79 Å². The van der Waals surface area contributed by atoms with Crippen LogP contribution in [0.25, 0.3) is 0 Å². The Kier molecular flexibility index (Phi) is 4.99. The van der Waals surface area contributed by atoms with Gasteiger partial charge in [-0.05, 0) is 49.1 Å². The SMILES string of the molecule is CCCCc1ccc(NC(=O)c2cccc(C)c2O)cc1. The standard InChI is InChI=1S/C18H21NO2/c1-3-4-7-14-9-11-15(12-10-14)19-18(21)16-8-5-6-13(2)17(16)20/h5-6,8-12,20H,3-4,7H2,1-2H3,(H,19,21). The van der Waals surface area contributed by atoms with Gasteiger partial charge in [0.1, 0.15) is 5.75 Å². The van der Waals surface area contributed by atoms with E-state index >= 15 is 0 Å². The summed E-state index contributed by atoms with van der Waals surface area (Å²) in [7, 11) is 0. The highest BCUT2D eigenvalue weighted by Crippen LogP contribution is 2.22. The van der Waals surface area contributed by atoms with Crippen molar-refractivity contribution in [2.24, 2.45) is 0 Å². The number of aromatic hydroxyl groups is 1. The minimum Gasteiger partial charge on any atom is -0.507 e. The first kappa shape index (κ1) is 15.1. The van der Waals surface area contributed by atoms with E-state index in [1.54, 1.807) is 25.1 Å². The van der Waals surface area contributed by atoms with Gasteiger partial charge in [-0.1, -0.05) is 37.6 Å². The lowest BCUT2D eigenvalue weighted by atomic mass is 10.1. The van der Waals surface area contributed by atoms with Gasteiger partial charge in [0.05, 0.1) is 5.56 Å². The fourth-order valence-electron chi connectivity index (χ4n) is 2.18. The third kappa shape index (κ3) is 3.85. The molecule has 1 amide bonds. The first-order valence-corrected chi connectivity index (χ1v) is 7.30. The molecule has 0 aliphatic heterocycles. The predicted molar refractivity (Wildman–Crippen MR) is 85.9 cm³/mol. The number of aryl methyl sites for hydroxylation is 2. The van der Waals surface area contributed by atoms with E-state index in [4.69, 9.17) is 0 Å². The van der Waals surface area contributed by atoms with E-state index in [0.29, 0.717) is 11.1 Å². The first-order valence-electron chi connectivity index (χ1n) is 7.30. The van der Waals surface area contributed by atoms with Crippen LogP contribution in [0.15, 0.2) is 42.5 Å². The van der Waals surface area contributed by atoms with Gasteiger partial charge in [-0.2, -0.15) is 0 Å². The lowest BCUT2D eigenvalue weighted by molar-refractivity contribution is 0.102. The number of carbonyl (C=O) groups excluding carboxylic acids is 1. The van der Waals surface area contributed by atoms with Crippen molar-refractivity contribution in [3.63, 3.8) is 0 Å². The molecule has 0 bridgehead atoms. The molecular weight excluding hydrogens is 262 g/mol. The van der Waals surface area contributed by atoms with E-state index in [0.717, 1.165) is 12.1 Å². The van der Waals surface area contributed by atoms with E-state index < -0.39 is 0 Å². The molecular formula is C18H21NO2. The predicted octanol–water partition coefficient (Wildman–Crippen LogP) is 4.30. The van der Waals surface area contributed by atoms with Gasteiger partial charge in [0.25, 0.3) is 5.91 Å². The van der Waals surface area contributed by atoms with Crippen LogP contribution in [0.5, 0.6) is 5.75 Å². The second-order valence-electron chi connectivity index (χ2n) is 5.23. The maximum atomic E-state index is 12.2. The number of amides is 1. The molecule has 0 aromatic heterocycles. The van der Waals surface area contributed by atoms with Crippen LogP contribution in [0.3, 0.4) is 0 Å². The van der Waals surface area contributed by atoms with Crippen molar-refractivity contribution in [3.05, 3.63) is 59.2 Å². The number of carbonyl (C=O) groups is 1. The molecule has 0 saturated carbocycles. The third-order valence-electron chi connectivity index (χ3n) is 3.51. The fraction of sp³-hybridized carbons (Fsp3) is 0.278. The Morgan fingerprint density at radius 2 is 1.86 bits per heavy atom. The number of hydrogen-bond acceptors (Lipinski definition) is 2. The molecule has 0 aliphatic rings. The normalized spacial score (nSPS) is 10.4. The Balaban J connectivity index is 2.07. The van der Waals surface area contributed by atoms with Crippen LogP contribution in [-0.4, -0.2) is 11.0 Å². The molecule has 0 saturated heterocycles. The highest BCUT2D eigenvalue weighted by atomic mass is 16.3. The van der Waals surface area contributed by atoms with Gasteiger partial charge in [0, 0.05) is 5.69 Å². The Morgan fingerprint density at radius 1 is 1.14 bits per heavy atom. The van der Waals surface area contributed by atoms with E-state index in [-0.39, 0.29) is 11.7 Å². The second kappa shape index (κ2) is 6.93. The van der Waals surface area contributed by atoms with E-state index in [1.807, 2.05) is 24.3 Å². The number of benzene rings is 2. The minimum atomic E-state index is -0.294. The maximum absolute atomic E-state index is 12.2. The monoisotopic (exact) mass is 283 g/mol. The van der Waals surface area contributed by atoms with Crippen molar-refractivity contribution in [1.29, 1.82) is 0 Å². The van der Waals surface area contributed by atoms with E-state index in [9.17, 15) is 9.90 Å². The summed E-state index contributed by atoms with van der Waals surface area (Å²) in [6.45, 7) is 3.94. The zero-order valence-corrected chi connectivity index (χ0v) is 12.5. The van der Waals surface area contributed by atoms with Gasteiger partial charge in [-0.15, -0.1) is 0 Å². The van der Waals surface area contributed by atoms with Crippen LogP contribution in [-0.2, 0) is 6.42 Å². The Hall–Kier alpha value is -2.29. The smallest absolute Gasteiger partial charge is 0.259 e. The summed E-state index contributed by atoms with van der Waals surface area (Å²) in [6, 6.07) is 13.0. The molecule has 2 rings (SSSR count). The third-order valence-corrected chi connectivity index (χ3v) is 3.51. The summed E-state index contributed by atoms with van der Waals surface area (Å²) in [5, 5.41) is 12.7. The molecule has 0 unspecified atom stereocenters. The Labute approximate surface area is 125 Å². The van der Waals surface area contributed by atoms with Gasteiger partial charge < -0.3 is 10.4 Å². The Morgan fingerprint density at radius 3 is 2.52 bits per heavy atom. The van der Waals surface area contributed by atoms with Crippen molar-refractivity contribution < 1.29 is 9.90 Å². The number of unbranched alkanes of at least 4 members (excludes halogenated alkanes) is 1. The van der Waals surface area contributed by atoms with Crippen molar-refractivity contribution in [2.45, 2.75) is 33.1 Å². The van der Waals surface area contributed by atoms with Crippen molar-refractivity contribution in [1.82, 2.24) is 0 Å². The fourth-order valence-corrected chi connectivity index (χ4v) is 2.18. The number of phenols is 1. The first-order chi connectivity index (χ1) is 10.1. The van der Waals surface area contributed by atoms with Gasteiger partial charge in [-0.25, -0.2) is 0 Å². The Bertz CT molecular complexity index is 618. The number of anilines is 1. The lowest BCUT2D eigenvalue weighted by Gasteiger charge is -2.09. The molecule has 0 heterocycles. The zero-order chi connectivity index (χ0) is 15.2. The molecule has 3 nitrogen and oxygen atoms in total. The summed E-state index contributed by atoms with van der Waals surface area (Å²) in [5.74, 6) is -0.257. The molecule has 2 N–H and O–H groups in total. The van der Waals surface area contributed by atoms with Gasteiger partial charge in [0.2, 0.25) is 0 Å². The zero-order valence-electron chi connectivity index (χ0n) is 12.5. The van der Waals surface area contributed by atoms with Crippen LogP contribution in [0, 0.1) is 6.92 Å². The summed E-state index contributed by atoms with van der Waals surface area (Å²) >= 11 is 0. The molecule has 0 aliphatic carbocycles. The number of nitrogens with one attached hydrogen (secondary N) is 1. The molecule has 0 radical (unpaired) electrons. The number of para-hydroxylation sites is 1. The molecule has 0 atom stereocenters. The van der Waals surface area contributed by atoms with Crippen LogP contribution in [0.2, 0.25) is 0 Å². The van der Waals surface area contributed by atoms with Crippen LogP contribution < -0.4 is 5.32 Å². The number of hydrogen-bond donors (Lipinski definition) is 2. The summed E-state index contributed by atoms with van der Waals surface area (Å²) in [6.07, 6.45) is 3.40. The summed E-state index contributed by atoms with van der Waals surface area (Å²) in [5.41, 5.74) is 3.00. The second-order valence-corrected chi connectivity index (χ2v) is 5.23. The summed E-state index contributed by atoms with van der Waals surface area (Å²) in [4.78, 5) is 12.2. The van der Waals surface area contributed by atoms with Crippen LogP contribution in [0.4, 0.5) is 5.69 Å². The van der Waals surface area contributed by atoms with Gasteiger partial charge >= 0.3 is 0 Å². The van der Waals surface area contributed by atoms with E-state index in [2.05, 4.69) is 12.2 Å². The summed E-state index contributed by atoms with van der Waals surface area (Å²) < 4.78 is 0. The van der Waals surface area contributed by atoms with Gasteiger partial charge in [0.15, 0.2) is 0 Å². The van der Waals surface area contributed by atoms with Crippen LogP contribution >= 0.6 is 0 Å². The molecule has 0 fully saturated rings. The average molecular weight is 283 g/mol. The molecule has 2 aromatic rings. The highest BCUT2D eigenvalue weighted by Gasteiger charge is 2.12. The number of rotatable bonds is 5. The lowest BCUT2D eigenvalue weighted by Crippen LogP contribution is -2.12. The van der Waals surface area contributed by atoms with Crippen molar-refractivity contribution in [3.8, 4) is 5.75 Å². The topological polar surface area (TPSA) is 49.3 Å². The van der Waals surface area contributed by atoms with E-state index in [1.165, 1.54) is 18.4 Å². The quantitative estimate of drug-likeness (QED) is 0.859. The van der Waals surface area contributed by atoms with Crippen molar-refractivity contribution in [2.75, 3.05) is 5.32 Å².